The predicted octanol–water partition coefficient (Wildman–Crippen LogP) is 8.99. The number of ether oxygens (including phenoxy) is 1. The van der Waals surface area contributed by atoms with Crippen molar-refractivity contribution in [2.45, 2.75) is 121 Å². The minimum atomic E-state index is -2.41. The summed E-state index contributed by atoms with van der Waals surface area (Å²) in [5, 5.41) is 0. The summed E-state index contributed by atoms with van der Waals surface area (Å²) in [5.74, 6) is 3.15. The van der Waals surface area contributed by atoms with Gasteiger partial charge >= 0.3 is 0 Å². The van der Waals surface area contributed by atoms with Gasteiger partial charge in [0.1, 0.15) is 12.4 Å². The van der Waals surface area contributed by atoms with Gasteiger partial charge in [-0.2, -0.15) is 0 Å². The molecule has 1 aliphatic carbocycles. The molecule has 0 spiro atoms. The average molecular weight is 465 g/mol. The summed E-state index contributed by atoms with van der Waals surface area (Å²) in [6, 6.07) is 12.8. The standard InChI is InChI=1S/C28H46F2OSi/c1-2-3-6-19-32-20-17-24(18-21-32)8-5-4-7-23-9-11-25(12-10-23)26-13-15-27(16-14-26)31-22-28(29)30/h13-16,23-25,28,32H,2-12,17-22H2,1H3/t23-,24?,25-,32?. The molecule has 3 rings (SSSR count). The van der Waals surface area contributed by atoms with E-state index in [0.717, 1.165) is 11.8 Å². The van der Waals surface area contributed by atoms with Crippen molar-refractivity contribution in [3.05, 3.63) is 29.8 Å². The lowest BCUT2D eigenvalue weighted by Crippen LogP contribution is -2.21. The van der Waals surface area contributed by atoms with Crippen LogP contribution in [0.2, 0.25) is 18.1 Å². The minimum absolute atomic E-state index is 0.341. The summed E-state index contributed by atoms with van der Waals surface area (Å²) in [4.78, 5) is 0. The molecule has 0 amide bonds. The van der Waals surface area contributed by atoms with Crippen molar-refractivity contribution < 1.29 is 13.5 Å². The summed E-state index contributed by atoms with van der Waals surface area (Å²) >= 11 is 0. The van der Waals surface area contributed by atoms with E-state index in [2.05, 4.69) is 19.1 Å². The van der Waals surface area contributed by atoms with Crippen LogP contribution in [0.25, 0.3) is 0 Å². The van der Waals surface area contributed by atoms with Gasteiger partial charge in [0.15, 0.2) is 0 Å². The summed E-state index contributed by atoms with van der Waals surface area (Å²) < 4.78 is 29.6. The molecule has 1 aromatic rings. The molecule has 4 heteroatoms. The first-order valence-electron chi connectivity index (χ1n) is 13.6. The molecule has 0 unspecified atom stereocenters. The lowest BCUT2D eigenvalue weighted by atomic mass is 9.77. The van der Waals surface area contributed by atoms with Crippen molar-refractivity contribution in [1.82, 2.24) is 0 Å². The lowest BCUT2D eigenvalue weighted by molar-refractivity contribution is 0.0819. The minimum Gasteiger partial charge on any atom is -0.488 e. The molecule has 0 bridgehead atoms. The zero-order chi connectivity index (χ0) is 22.6. The van der Waals surface area contributed by atoms with E-state index in [1.807, 2.05) is 12.1 Å². The fourth-order valence-electron chi connectivity index (χ4n) is 6.14. The fourth-order valence-corrected chi connectivity index (χ4v) is 9.76. The van der Waals surface area contributed by atoms with E-state index in [4.69, 9.17) is 4.74 Å². The van der Waals surface area contributed by atoms with Crippen molar-refractivity contribution in [1.29, 1.82) is 0 Å². The molecule has 2 fully saturated rings. The normalized spacial score (nSPS) is 26.4. The van der Waals surface area contributed by atoms with E-state index < -0.39 is 13.0 Å². The topological polar surface area (TPSA) is 9.23 Å². The van der Waals surface area contributed by atoms with Crippen LogP contribution in [0.3, 0.4) is 0 Å². The van der Waals surface area contributed by atoms with E-state index in [-0.39, 0.29) is 8.80 Å². The van der Waals surface area contributed by atoms with Gasteiger partial charge in [0.05, 0.1) is 0 Å². The van der Waals surface area contributed by atoms with E-state index in [0.29, 0.717) is 11.7 Å². The molecule has 1 heterocycles. The average Bonchev–Trinajstić information content (AvgIpc) is 2.82. The summed E-state index contributed by atoms with van der Waals surface area (Å²) in [5.41, 5.74) is 1.35. The highest BCUT2D eigenvalue weighted by atomic mass is 28.3. The molecule has 0 N–H and O–H groups in total. The molecule has 32 heavy (non-hydrogen) atoms. The van der Waals surface area contributed by atoms with Gasteiger partial charge in [-0.3, -0.25) is 0 Å². The van der Waals surface area contributed by atoms with Crippen LogP contribution in [0.4, 0.5) is 8.78 Å². The van der Waals surface area contributed by atoms with Crippen molar-refractivity contribution >= 4 is 8.80 Å². The summed E-state index contributed by atoms with van der Waals surface area (Å²) in [6.07, 6.45) is 16.1. The van der Waals surface area contributed by atoms with Crippen molar-refractivity contribution in [2.75, 3.05) is 6.61 Å². The van der Waals surface area contributed by atoms with Crippen molar-refractivity contribution in [2.24, 2.45) is 11.8 Å². The van der Waals surface area contributed by atoms with Crippen LogP contribution in [-0.4, -0.2) is 21.8 Å². The first-order chi connectivity index (χ1) is 15.6. The Bertz CT molecular complexity index is 604. The maximum Gasteiger partial charge on any atom is 0.272 e. The molecule has 182 valence electrons. The second-order valence-electron chi connectivity index (χ2n) is 10.7. The number of unbranched alkanes of at least 4 members (excludes halogenated alkanes) is 3. The van der Waals surface area contributed by atoms with Gasteiger partial charge in [0, 0.05) is 8.80 Å². The third kappa shape index (κ3) is 9.15. The molecule has 1 aliphatic heterocycles. The number of benzene rings is 1. The molecule has 1 saturated heterocycles. The molecular formula is C28H46F2OSi. The zero-order valence-electron chi connectivity index (χ0n) is 20.4. The van der Waals surface area contributed by atoms with E-state index >= 15 is 0 Å². The van der Waals surface area contributed by atoms with Gasteiger partial charge in [0.25, 0.3) is 6.43 Å². The monoisotopic (exact) mass is 464 g/mol. The highest BCUT2D eigenvalue weighted by molar-refractivity contribution is 6.58. The van der Waals surface area contributed by atoms with Crippen LogP contribution in [0.1, 0.15) is 102 Å². The first kappa shape index (κ1) is 25.7. The fraction of sp³-hybridized carbons (Fsp3) is 0.786. The summed E-state index contributed by atoms with van der Waals surface area (Å²) in [6.45, 7) is 1.80. The lowest BCUT2D eigenvalue weighted by Gasteiger charge is -2.30. The van der Waals surface area contributed by atoms with Crippen molar-refractivity contribution in [3.63, 3.8) is 0 Å². The molecule has 0 atom stereocenters. The Balaban J connectivity index is 1.24. The second kappa shape index (κ2) is 14.4. The van der Waals surface area contributed by atoms with Crippen LogP contribution >= 0.6 is 0 Å². The Morgan fingerprint density at radius 2 is 1.47 bits per heavy atom. The summed E-state index contributed by atoms with van der Waals surface area (Å²) in [7, 11) is -0.341. The van der Waals surface area contributed by atoms with Gasteiger partial charge in [-0.25, -0.2) is 8.78 Å². The highest BCUT2D eigenvalue weighted by Crippen LogP contribution is 2.38. The van der Waals surface area contributed by atoms with E-state index in [1.165, 1.54) is 76.2 Å². The SMILES string of the molecule is CCCCC[SiH]1CCC(CCCC[C@H]2CC[C@H](c3ccc(OCC(F)F)cc3)CC2)CC1. The predicted molar refractivity (Wildman–Crippen MR) is 135 cm³/mol. The van der Waals surface area contributed by atoms with E-state index in [1.54, 1.807) is 31.0 Å². The second-order valence-corrected chi connectivity index (χ2v) is 14.1. The van der Waals surface area contributed by atoms with E-state index in [9.17, 15) is 8.78 Å². The molecule has 0 aromatic heterocycles. The Morgan fingerprint density at radius 3 is 2.06 bits per heavy atom. The number of rotatable bonds is 13. The zero-order valence-corrected chi connectivity index (χ0v) is 21.5. The number of hydrogen-bond acceptors (Lipinski definition) is 1. The third-order valence-electron chi connectivity index (χ3n) is 8.23. The Kier molecular flexibility index (Phi) is 11.6. The smallest absolute Gasteiger partial charge is 0.272 e. The molecular weight excluding hydrogens is 418 g/mol. The largest absolute Gasteiger partial charge is 0.488 e. The number of alkyl halides is 2. The van der Waals surface area contributed by atoms with Crippen molar-refractivity contribution in [3.8, 4) is 5.75 Å². The molecule has 0 radical (unpaired) electrons. The maximum absolute atomic E-state index is 12.3. The van der Waals surface area contributed by atoms with Crippen LogP contribution in [0.15, 0.2) is 24.3 Å². The first-order valence-corrected chi connectivity index (χ1v) is 16.1. The van der Waals surface area contributed by atoms with Gasteiger partial charge in [-0.1, -0.05) is 95.0 Å². The van der Waals surface area contributed by atoms with Gasteiger partial charge in [0.2, 0.25) is 0 Å². The Labute approximate surface area is 197 Å². The highest BCUT2D eigenvalue weighted by Gasteiger charge is 2.23. The quantitative estimate of drug-likeness (QED) is 0.209. The maximum atomic E-state index is 12.3. The van der Waals surface area contributed by atoms with Gasteiger partial charge in [-0.05, 0) is 61.1 Å². The molecule has 1 aromatic carbocycles. The van der Waals surface area contributed by atoms with Crippen LogP contribution < -0.4 is 4.74 Å². The van der Waals surface area contributed by atoms with Crippen LogP contribution in [0, 0.1) is 11.8 Å². The number of hydrogen-bond donors (Lipinski definition) is 0. The van der Waals surface area contributed by atoms with Crippen LogP contribution in [0.5, 0.6) is 5.75 Å². The van der Waals surface area contributed by atoms with Gasteiger partial charge < -0.3 is 4.74 Å². The Hall–Kier alpha value is -0.903. The molecule has 1 nitrogen and oxygen atoms in total. The third-order valence-corrected chi connectivity index (χ3v) is 11.8. The Morgan fingerprint density at radius 1 is 0.844 bits per heavy atom. The van der Waals surface area contributed by atoms with Gasteiger partial charge in [-0.15, -0.1) is 0 Å². The van der Waals surface area contributed by atoms with Crippen LogP contribution in [-0.2, 0) is 0 Å². The number of halogens is 2. The molecule has 2 aliphatic rings. The molecule has 1 saturated carbocycles.